The lowest BCUT2D eigenvalue weighted by atomic mass is 10.0. The van der Waals surface area contributed by atoms with Gasteiger partial charge in [0.15, 0.2) is 0 Å². The zero-order chi connectivity index (χ0) is 39.2. The molecule has 0 aromatic heterocycles. The molecule has 5 rings (SSSR count). The number of hydrogen-bond donors (Lipinski definition) is 0. The van der Waals surface area contributed by atoms with Crippen LogP contribution < -0.4 is 9.47 Å². The third-order valence-electron chi connectivity index (χ3n) is 9.75. The van der Waals surface area contributed by atoms with Crippen LogP contribution in [0.25, 0.3) is 0 Å². The molecule has 290 valence electrons. The van der Waals surface area contributed by atoms with Crippen molar-refractivity contribution < 1.29 is 19.1 Å². The maximum atomic E-state index is 12.8. The fourth-order valence-electron chi connectivity index (χ4n) is 6.38. The van der Waals surface area contributed by atoms with Crippen molar-refractivity contribution in [2.45, 2.75) is 104 Å². The van der Waals surface area contributed by atoms with Crippen LogP contribution in [0.1, 0.15) is 134 Å². The quantitative estimate of drug-likeness (QED) is 0.0306. The van der Waals surface area contributed by atoms with Gasteiger partial charge in [-0.05, 0) is 127 Å². The van der Waals surface area contributed by atoms with Crippen LogP contribution in [-0.2, 0) is 12.8 Å². The van der Waals surface area contributed by atoms with Gasteiger partial charge in [0, 0.05) is 12.4 Å². The molecule has 0 spiro atoms. The molecule has 0 N–H and O–H groups in total. The van der Waals surface area contributed by atoms with E-state index in [0.717, 1.165) is 35.3 Å². The van der Waals surface area contributed by atoms with Crippen molar-refractivity contribution in [1.29, 1.82) is 0 Å². The zero-order valence-corrected chi connectivity index (χ0v) is 33.1. The number of hydrogen-bond acceptors (Lipinski definition) is 6. The van der Waals surface area contributed by atoms with Crippen molar-refractivity contribution in [3.63, 3.8) is 0 Å². The van der Waals surface area contributed by atoms with E-state index in [2.05, 4.69) is 23.8 Å². The van der Waals surface area contributed by atoms with Crippen LogP contribution in [0.5, 0.6) is 11.5 Å². The van der Waals surface area contributed by atoms with Gasteiger partial charge in [-0.3, -0.25) is 9.98 Å². The SMILES string of the molecule is CCCCCCCCc1ccc(OC(=O)c2ccc(N=Cc3cccc(C=Nc4ccc(C(=O)Oc5ccc(CCCCCCCC)cc5)cc4)c3)cc2)cc1. The van der Waals surface area contributed by atoms with Crippen LogP contribution in [0.2, 0.25) is 0 Å². The minimum Gasteiger partial charge on any atom is -0.423 e. The second-order valence-electron chi connectivity index (χ2n) is 14.4. The molecule has 0 aliphatic rings. The van der Waals surface area contributed by atoms with Crippen molar-refractivity contribution >= 4 is 35.7 Å². The number of aliphatic imine (C=N–C) groups is 2. The summed E-state index contributed by atoms with van der Waals surface area (Å²) in [4.78, 5) is 34.7. The Kier molecular flexibility index (Phi) is 17.3. The Morgan fingerprint density at radius 1 is 0.464 bits per heavy atom. The number of rotatable bonds is 22. The number of ether oxygens (including phenoxy) is 2. The number of aryl methyl sites for hydroxylation is 2. The van der Waals surface area contributed by atoms with Gasteiger partial charge in [-0.25, -0.2) is 9.59 Å². The van der Waals surface area contributed by atoms with Crippen LogP contribution in [-0.4, -0.2) is 24.4 Å². The highest BCUT2D eigenvalue weighted by atomic mass is 16.5. The van der Waals surface area contributed by atoms with E-state index in [9.17, 15) is 9.59 Å². The van der Waals surface area contributed by atoms with Gasteiger partial charge in [0.1, 0.15) is 11.5 Å². The van der Waals surface area contributed by atoms with E-state index >= 15 is 0 Å². The summed E-state index contributed by atoms with van der Waals surface area (Å²) in [7, 11) is 0. The maximum absolute atomic E-state index is 12.8. The number of nitrogens with zero attached hydrogens (tertiary/aromatic N) is 2. The minimum atomic E-state index is -0.398. The molecule has 0 fully saturated rings. The lowest BCUT2D eigenvalue weighted by molar-refractivity contribution is 0.0725. The molecule has 0 bridgehead atoms. The monoisotopic (exact) mass is 748 g/mol. The normalized spacial score (nSPS) is 11.3. The third kappa shape index (κ3) is 14.6. The summed E-state index contributed by atoms with van der Waals surface area (Å²) in [6.07, 6.45) is 20.9. The molecule has 0 radical (unpaired) electrons. The number of esters is 2. The van der Waals surface area contributed by atoms with E-state index in [4.69, 9.17) is 9.47 Å². The first kappa shape index (κ1) is 41.5. The van der Waals surface area contributed by atoms with Crippen LogP contribution in [0.4, 0.5) is 11.4 Å². The molecule has 5 aromatic carbocycles. The van der Waals surface area contributed by atoms with Gasteiger partial charge in [0.2, 0.25) is 0 Å². The molecular formula is C50H56N2O4. The molecule has 0 unspecified atom stereocenters. The molecule has 0 saturated heterocycles. The van der Waals surface area contributed by atoms with Crippen molar-refractivity contribution in [1.82, 2.24) is 0 Å². The summed E-state index contributed by atoms with van der Waals surface area (Å²) >= 11 is 0. The van der Waals surface area contributed by atoms with Crippen LogP contribution >= 0.6 is 0 Å². The minimum absolute atomic E-state index is 0.398. The van der Waals surface area contributed by atoms with Crippen molar-refractivity contribution in [2.24, 2.45) is 9.98 Å². The van der Waals surface area contributed by atoms with Gasteiger partial charge in [-0.15, -0.1) is 0 Å². The number of carbonyl (C=O) groups is 2. The molecule has 6 nitrogen and oxygen atoms in total. The molecule has 0 aliphatic heterocycles. The van der Waals surface area contributed by atoms with Crippen molar-refractivity contribution in [3.05, 3.63) is 155 Å². The van der Waals surface area contributed by atoms with Crippen LogP contribution in [0.15, 0.2) is 131 Å². The fourth-order valence-corrected chi connectivity index (χ4v) is 6.38. The lowest BCUT2D eigenvalue weighted by Gasteiger charge is -2.06. The molecule has 56 heavy (non-hydrogen) atoms. The summed E-state index contributed by atoms with van der Waals surface area (Å²) < 4.78 is 11.2. The van der Waals surface area contributed by atoms with Crippen LogP contribution in [0, 0.1) is 0 Å². The topological polar surface area (TPSA) is 77.3 Å². The summed E-state index contributed by atoms with van der Waals surface area (Å²) in [6, 6.07) is 37.6. The Morgan fingerprint density at radius 3 is 1.23 bits per heavy atom. The number of carbonyl (C=O) groups excluding carboxylic acids is 2. The van der Waals surface area contributed by atoms with E-state index in [1.54, 1.807) is 61.0 Å². The van der Waals surface area contributed by atoms with Gasteiger partial charge in [-0.2, -0.15) is 0 Å². The van der Waals surface area contributed by atoms with Gasteiger partial charge in [0.05, 0.1) is 22.5 Å². The first-order valence-electron chi connectivity index (χ1n) is 20.5. The molecular weight excluding hydrogens is 693 g/mol. The van der Waals surface area contributed by atoms with Crippen LogP contribution in [0.3, 0.4) is 0 Å². The maximum Gasteiger partial charge on any atom is 0.343 e. The zero-order valence-electron chi connectivity index (χ0n) is 33.1. The molecule has 0 saturated carbocycles. The highest BCUT2D eigenvalue weighted by molar-refractivity contribution is 5.93. The van der Waals surface area contributed by atoms with Gasteiger partial charge < -0.3 is 9.47 Å². The first-order valence-corrected chi connectivity index (χ1v) is 20.5. The lowest BCUT2D eigenvalue weighted by Crippen LogP contribution is -2.08. The Hall–Kier alpha value is -5.62. The second-order valence-corrected chi connectivity index (χ2v) is 14.4. The molecule has 5 aromatic rings. The van der Waals surface area contributed by atoms with E-state index in [1.165, 1.54) is 88.2 Å². The summed E-state index contributed by atoms with van der Waals surface area (Å²) in [5.74, 6) is 0.287. The van der Waals surface area contributed by atoms with E-state index < -0.39 is 11.9 Å². The Bertz CT molecular complexity index is 1840. The largest absolute Gasteiger partial charge is 0.423 e. The van der Waals surface area contributed by atoms with Crippen molar-refractivity contribution in [3.8, 4) is 11.5 Å². The highest BCUT2D eigenvalue weighted by Gasteiger charge is 2.10. The smallest absolute Gasteiger partial charge is 0.343 e. The Labute approximate surface area is 333 Å². The molecule has 0 atom stereocenters. The summed E-state index contributed by atoms with van der Waals surface area (Å²) in [5.41, 5.74) is 6.72. The van der Waals surface area contributed by atoms with E-state index in [0.29, 0.717) is 22.6 Å². The third-order valence-corrected chi connectivity index (χ3v) is 9.75. The predicted molar refractivity (Wildman–Crippen MR) is 231 cm³/mol. The van der Waals surface area contributed by atoms with Gasteiger partial charge in [0.25, 0.3) is 0 Å². The fraction of sp³-hybridized carbons (Fsp3) is 0.320. The molecule has 6 heteroatoms. The van der Waals surface area contributed by atoms with Crippen molar-refractivity contribution in [2.75, 3.05) is 0 Å². The Morgan fingerprint density at radius 2 is 0.839 bits per heavy atom. The van der Waals surface area contributed by atoms with E-state index in [1.807, 2.05) is 72.8 Å². The summed E-state index contributed by atoms with van der Waals surface area (Å²) in [6.45, 7) is 4.48. The first-order chi connectivity index (χ1) is 27.5. The molecule has 0 aliphatic carbocycles. The average molecular weight is 749 g/mol. The Balaban J connectivity index is 1.05. The standard InChI is InChI=1S/C50H56N2O4/c1-3-5-7-9-11-13-16-39-20-32-47(33-21-39)55-49(53)43-24-28-45(29-25-43)51-37-41-18-15-19-42(36-41)38-52-46-30-26-44(27-31-46)50(54)56-48-34-22-40(23-35-48)17-14-12-10-8-6-4-2/h15,18-38H,3-14,16-17H2,1-2H3. The number of benzene rings is 5. The molecule has 0 amide bonds. The molecule has 0 heterocycles. The second kappa shape index (κ2) is 23.3. The van der Waals surface area contributed by atoms with Gasteiger partial charge >= 0.3 is 11.9 Å². The summed E-state index contributed by atoms with van der Waals surface area (Å²) in [5, 5.41) is 0. The van der Waals surface area contributed by atoms with Gasteiger partial charge in [-0.1, -0.05) is 121 Å². The van der Waals surface area contributed by atoms with E-state index in [-0.39, 0.29) is 0 Å². The highest BCUT2D eigenvalue weighted by Crippen LogP contribution is 2.21. The predicted octanol–water partition coefficient (Wildman–Crippen LogP) is 13.4. The number of unbranched alkanes of at least 4 members (excludes halogenated alkanes) is 10. The average Bonchev–Trinajstić information content (AvgIpc) is 3.23.